The maximum Gasteiger partial charge on any atom is 0.255 e. The molecule has 29 heavy (non-hydrogen) atoms. The maximum atomic E-state index is 12.9. The van der Waals surface area contributed by atoms with Crippen LogP contribution in [0.3, 0.4) is 0 Å². The van der Waals surface area contributed by atoms with Crippen LogP contribution in [0.25, 0.3) is 10.9 Å². The van der Waals surface area contributed by atoms with E-state index < -0.39 is 0 Å². The van der Waals surface area contributed by atoms with E-state index in [1.54, 1.807) is 31.8 Å². The fourth-order valence-electron chi connectivity index (χ4n) is 3.78. The van der Waals surface area contributed by atoms with Crippen LogP contribution in [-0.4, -0.2) is 59.1 Å². The van der Waals surface area contributed by atoms with Gasteiger partial charge >= 0.3 is 0 Å². The molecule has 1 aliphatic heterocycles. The van der Waals surface area contributed by atoms with Crippen molar-refractivity contribution in [1.82, 2.24) is 19.9 Å². The highest BCUT2D eigenvalue weighted by atomic mass is 16.5. The number of aromatic nitrogens is 3. The Balaban J connectivity index is 1.59. The molecule has 0 aromatic carbocycles. The number of methoxy groups -OCH3 is 1. The molecule has 3 aromatic rings. The number of carbonyl (C=O) groups excluding carboxylic acids is 1. The molecule has 7 nitrogen and oxygen atoms in total. The summed E-state index contributed by atoms with van der Waals surface area (Å²) >= 11 is 0. The number of fused-ring (bicyclic) bond motifs is 1. The van der Waals surface area contributed by atoms with Gasteiger partial charge in [0.05, 0.1) is 17.7 Å². The summed E-state index contributed by atoms with van der Waals surface area (Å²) in [6, 6.07) is 9.60. The normalized spacial score (nSPS) is 16.7. The number of amides is 1. The first-order valence-corrected chi connectivity index (χ1v) is 9.94. The third-order valence-electron chi connectivity index (χ3n) is 5.25. The van der Waals surface area contributed by atoms with Gasteiger partial charge in [-0.3, -0.25) is 14.8 Å². The number of piperidine rings is 1. The third-order valence-corrected chi connectivity index (χ3v) is 5.25. The second-order valence-electron chi connectivity index (χ2n) is 7.22. The second-order valence-corrected chi connectivity index (χ2v) is 7.22. The van der Waals surface area contributed by atoms with Crippen molar-refractivity contribution in [2.75, 3.05) is 38.7 Å². The molecule has 4 rings (SSSR count). The first-order valence-electron chi connectivity index (χ1n) is 9.94. The molecule has 1 atom stereocenters. The van der Waals surface area contributed by atoms with Crippen LogP contribution >= 0.6 is 0 Å². The summed E-state index contributed by atoms with van der Waals surface area (Å²) in [7, 11) is 1.68. The van der Waals surface area contributed by atoms with Crippen molar-refractivity contribution in [3.05, 3.63) is 60.2 Å². The molecule has 0 aliphatic carbocycles. The number of hydrogen-bond acceptors (Lipinski definition) is 6. The second kappa shape index (κ2) is 8.96. The van der Waals surface area contributed by atoms with Gasteiger partial charge in [0.1, 0.15) is 5.82 Å². The van der Waals surface area contributed by atoms with Gasteiger partial charge < -0.3 is 15.0 Å². The third kappa shape index (κ3) is 4.35. The number of nitrogens with one attached hydrogen (secondary N) is 1. The molecular formula is C22H25N5O2. The van der Waals surface area contributed by atoms with Crippen LogP contribution in [0.2, 0.25) is 0 Å². The van der Waals surface area contributed by atoms with Gasteiger partial charge in [-0.25, -0.2) is 4.98 Å². The molecule has 150 valence electrons. The highest BCUT2D eigenvalue weighted by Gasteiger charge is 2.27. The molecule has 1 N–H and O–H groups in total. The largest absolute Gasteiger partial charge is 0.383 e. The van der Waals surface area contributed by atoms with Gasteiger partial charge in [-0.1, -0.05) is 0 Å². The maximum absolute atomic E-state index is 12.9. The quantitative estimate of drug-likeness (QED) is 0.651. The number of anilines is 1. The Morgan fingerprint density at radius 2 is 2.21 bits per heavy atom. The molecule has 1 fully saturated rings. The van der Waals surface area contributed by atoms with Gasteiger partial charge in [0, 0.05) is 62.3 Å². The van der Waals surface area contributed by atoms with E-state index in [9.17, 15) is 4.79 Å². The van der Waals surface area contributed by atoms with Crippen molar-refractivity contribution >= 4 is 22.6 Å². The molecule has 3 aromatic heterocycles. The Bertz CT molecular complexity index is 979. The predicted molar refractivity (Wildman–Crippen MR) is 112 cm³/mol. The summed E-state index contributed by atoms with van der Waals surface area (Å²) in [5.74, 6) is 1.03. The SMILES string of the molecule is COCCNc1nc(C2CCCN(C(=O)c3cccnc3)C2)cc2ncccc12. The summed E-state index contributed by atoms with van der Waals surface area (Å²) < 4.78 is 5.15. The average molecular weight is 391 g/mol. The summed E-state index contributed by atoms with van der Waals surface area (Å²) in [5, 5.41) is 4.36. The lowest BCUT2D eigenvalue weighted by Gasteiger charge is -2.32. The fraction of sp³-hybridized carbons (Fsp3) is 0.364. The van der Waals surface area contributed by atoms with E-state index in [4.69, 9.17) is 9.72 Å². The van der Waals surface area contributed by atoms with E-state index in [0.717, 1.165) is 41.8 Å². The zero-order valence-corrected chi connectivity index (χ0v) is 16.5. The standard InChI is InChI=1S/C22H25N5O2/c1-29-12-10-25-21-18-7-3-9-24-20(18)13-19(26-21)17-6-4-11-27(15-17)22(28)16-5-2-8-23-14-16/h2-3,5,7-9,13-14,17H,4,6,10-12,15H2,1H3,(H,25,26). The van der Waals surface area contributed by atoms with Crippen molar-refractivity contribution < 1.29 is 9.53 Å². The number of pyridine rings is 3. The molecule has 7 heteroatoms. The molecule has 0 saturated carbocycles. The number of ether oxygens (including phenoxy) is 1. The number of likely N-dealkylation sites (tertiary alicyclic amines) is 1. The van der Waals surface area contributed by atoms with Crippen molar-refractivity contribution in [3.8, 4) is 0 Å². The van der Waals surface area contributed by atoms with Crippen LogP contribution in [-0.2, 0) is 4.74 Å². The van der Waals surface area contributed by atoms with Gasteiger partial charge in [-0.05, 0) is 43.2 Å². The van der Waals surface area contributed by atoms with Crippen LogP contribution in [0, 0.1) is 0 Å². The van der Waals surface area contributed by atoms with Crippen LogP contribution in [0.4, 0.5) is 5.82 Å². The molecule has 0 bridgehead atoms. The lowest BCUT2D eigenvalue weighted by atomic mass is 9.93. The van der Waals surface area contributed by atoms with Gasteiger partial charge in [0.2, 0.25) is 0 Å². The summed E-state index contributed by atoms with van der Waals surface area (Å²) in [6.45, 7) is 2.68. The first kappa shape index (κ1) is 19.3. The van der Waals surface area contributed by atoms with Gasteiger partial charge in [0.25, 0.3) is 5.91 Å². The zero-order chi connectivity index (χ0) is 20.1. The van der Waals surface area contributed by atoms with Crippen molar-refractivity contribution in [2.24, 2.45) is 0 Å². The Labute approximate surface area is 170 Å². The van der Waals surface area contributed by atoms with Gasteiger partial charge in [-0.15, -0.1) is 0 Å². The van der Waals surface area contributed by atoms with Crippen LogP contribution in [0.5, 0.6) is 0 Å². The molecular weight excluding hydrogens is 366 g/mol. The lowest BCUT2D eigenvalue weighted by molar-refractivity contribution is 0.0705. The van der Waals surface area contributed by atoms with E-state index in [0.29, 0.717) is 25.3 Å². The molecule has 1 amide bonds. The summed E-state index contributed by atoms with van der Waals surface area (Å²) in [5.41, 5.74) is 2.51. The van der Waals surface area contributed by atoms with Crippen LogP contribution < -0.4 is 5.32 Å². The minimum atomic E-state index is 0.0279. The summed E-state index contributed by atoms with van der Waals surface area (Å²) in [4.78, 5) is 28.3. The Morgan fingerprint density at radius 1 is 1.31 bits per heavy atom. The van der Waals surface area contributed by atoms with Crippen molar-refractivity contribution in [1.29, 1.82) is 0 Å². The predicted octanol–water partition coefficient (Wildman–Crippen LogP) is 3.10. The number of nitrogens with zero attached hydrogens (tertiary/aromatic N) is 4. The number of rotatable bonds is 6. The molecule has 4 heterocycles. The Morgan fingerprint density at radius 3 is 3.03 bits per heavy atom. The van der Waals surface area contributed by atoms with Crippen LogP contribution in [0.15, 0.2) is 48.9 Å². The number of carbonyl (C=O) groups is 1. The molecule has 1 saturated heterocycles. The average Bonchev–Trinajstić information content (AvgIpc) is 2.79. The highest BCUT2D eigenvalue weighted by Crippen LogP contribution is 2.30. The van der Waals surface area contributed by atoms with E-state index in [1.165, 1.54) is 0 Å². The van der Waals surface area contributed by atoms with Crippen LogP contribution in [0.1, 0.15) is 34.8 Å². The monoisotopic (exact) mass is 391 g/mol. The minimum absolute atomic E-state index is 0.0279. The summed E-state index contributed by atoms with van der Waals surface area (Å²) in [6.07, 6.45) is 7.05. The van der Waals surface area contributed by atoms with E-state index in [1.807, 2.05) is 23.1 Å². The first-order chi connectivity index (χ1) is 14.3. The van der Waals surface area contributed by atoms with E-state index in [-0.39, 0.29) is 11.8 Å². The Hall–Kier alpha value is -3.06. The molecule has 0 spiro atoms. The lowest BCUT2D eigenvalue weighted by Crippen LogP contribution is -2.39. The highest BCUT2D eigenvalue weighted by molar-refractivity contribution is 5.94. The topological polar surface area (TPSA) is 80.2 Å². The van der Waals surface area contributed by atoms with E-state index in [2.05, 4.69) is 21.4 Å². The molecule has 0 radical (unpaired) electrons. The van der Waals surface area contributed by atoms with Crippen molar-refractivity contribution in [2.45, 2.75) is 18.8 Å². The number of hydrogen-bond donors (Lipinski definition) is 1. The molecule has 1 aliphatic rings. The fourth-order valence-corrected chi connectivity index (χ4v) is 3.78. The van der Waals surface area contributed by atoms with Crippen molar-refractivity contribution in [3.63, 3.8) is 0 Å². The zero-order valence-electron chi connectivity index (χ0n) is 16.5. The van der Waals surface area contributed by atoms with Gasteiger partial charge in [-0.2, -0.15) is 0 Å². The Kier molecular flexibility index (Phi) is 5.95. The minimum Gasteiger partial charge on any atom is -0.383 e. The van der Waals surface area contributed by atoms with Gasteiger partial charge in [0.15, 0.2) is 0 Å². The van der Waals surface area contributed by atoms with E-state index >= 15 is 0 Å². The smallest absolute Gasteiger partial charge is 0.255 e. The molecule has 1 unspecified atom stereocenters.